The van der Waals surface area contributed by atoms with Crippen LogP contribution in [0.15, 0.2) is 18.3 Å². The summed E-state index contributed by atoms with van der Waals surface area (Å²) in [5.74, 6) is 1.64. The highest BCUT2D eigenvalue weighted by molar-refractivity contribution is 14.1. The normalized spacial score (nSPS) is 11.4. The van der Waals surface area contributed by atoms with Gasteiger partial charge in [0.15, 0.2) is 5.82 Å². The average molecular weight is 384 g/mol. The van der Waals surface area contributed by atoms with Crippen LogP contribution in [0.25, 0.3) is 11.4 Å². The molecule has 0 spiro atoms. The number of hydrogen-bond acceptors (Lipinski definition) is 5. The van der Waals surface area contributed by atoms with Gasteiger partial charge in [0.2, 0.25) is 5.88 Å². The van der Waals surface area contributed by atoms with E-state index in [2.05, 4.69) is 58.3 Å². The molecule has 2 rings (SSSR count). The van der Waals surface area contributed by atoms with Gasteiger partial charge in [0, 0.05) is 23.2 Å². The van der Waals surface area contributed by atoms with Crippen LogP contribution in [0.1, 0.15) is 26.5 Å². The first-order valence-corrected chi connectivity index (χ1v) is 7.24. The lowest BCUT2D eigenvalue weighted by Crippen LogP contribution is -2.18. The van der Waals surface area contributed by atoms with Crippen LogP contribution < -0.4 is 10.5 Å². The summed E-state index contributed by atoms with van der Waals surface area (Å²) in [6.07, 6.45) is 1.69. The molecule has 0 saturated carbocycles. The minimum atomic E-state index is -0.0950. The molecule has 0 radical (unpaired) electrons. The number of ether oxygens (including phenoxy) is 1. The number of aromatic nitrogens is 3. The topological polar surface area (TPSA) is 73.9 Å². The number of anilines is 1. The van der Waals surface area contributed by atoms with E-state index in [1.807, 2.05) is 6.07 Å². The summed E-state index contributed by atoms with van der Waals surface area (Å²) in [4.78, 5) is 13.2. The molecule has 2 aromatic rings. The molecule has 6 heteroatoms. The first-order valence-electron chi connectivity index (χ1n) is 6.17. The third kappa shape index (κ3) is 3.00. The van der Waals surface area contributed by atoms with Gasteiger partial charge in [-0.3, -0.25) is 0 Å². The Labute approximate surface area is 132 Å². The van der Waals surface area contributed by atoms with Gasteiger partial charge in [0.25, 0.3) is 0 Å². The highest BCUT2D eigenvalue weighted by Crippen LogP contribution is 2.30. The van der Waals surface area contributed by atoms with E-state index in [4.69, 9.17) is 10.5 Å². The molecule has 0 saturated heterocycles. The highest BCUT2D eigenvalue weighted by atomic mass is 127. The lowest BCUT2D eigenvalue weighted by atomic mass is 9.92. The van der Waals surface area contributed by atoms with Crippen molar-refractivity contribution in [3.05, 3.63) is 27.6 Å². The molecule has 0 atom stereocenters. The third-order valence-corrected chi connectivity index (χ3v) is 3.85. The van der Waals surface area contributed by atoms with Gasteiger partial charge in [0.1, 0.15) is 5.82 Å². The number of pyridine rings is 1. The van der Waals surface area contributed by atoms with Gasteiger partial charge >= 0.3 is 0 Å². The smallest absolute Gasteiger partial charge is 0.212 e. The van der Waals surface area contributed by atoms with E-state index in [1.165, 1.54) is 0 Å². The van der Waals surface area contributed by atoms with E-state index in [0.717, 1.165) is 14.8 Å². The third-order valence-electron chi connectivity index (χ3n) is 2.79. The lowest BCUT2D eigenvalue weighted by Gasteiger charge is -2.20. The molecule has 2 N–H and O–H groups in total. The Balaban J connectivity index is 2.54. The Bertz CT molecular complexity index is 620. The minimum absolute atomic E-state index is 0.0950. The largest absolute Gasteiger partial charge is 0.481 e. The van der Waals surface area contributed by atoms with Gasteiger partial charge in [-0.15, -0.1) is 0 Å². The van der Waals surface area contributed by atoms with E-state index in [-0.39, 0.29) is 5.41 Å². The number of nitrogens with zero attached hydrogens (tertiary/aromatic N) is 3. The minimum Gasteiger partial charge on any atom is -0.481 e. The highest BCUT2D eigenvalue weighted by Gasteiger charge is 2.22. The summed E-state index contributed by atoms with van der Waals surface area (Å²) in [7, 11) is 1.58. The Hall–Kier alpha value is -1.44. The Kier molecular flexibility index (Phi) is 4.12. The Morgan fingerprint density at radius 1 is 1.20 bits per heavy atom. The van der Waals surface area contributed by atoms with Crippen LogP contribution in [0.5, 0.6) is 5.88 Å². The number of rotatable bonds is 2. The molecule has 20 heavy (non-hydrogen) atoms. The van der Waals surface area contributed by atoms with Crippen molar-refractivity contribution in [2.45, 2.75) is 26.2 Å². The van der Waals surface area contributed by atoms with Gasteiger partial charge < -0.3 is 10.5 Å². The van der Waals surface area contributed by atoms with Gasteiger partial charge in [-0.05, 0) is 28.7 Å². The van der Waals surface area contributed by atoms with Crippen LogP contribution in [0.2, 0.25) is 0 Å². The predicted molar refractivity (Wildman–Crippen MR) is 87.6 cm³/mol. The fourth-order valence-corrected chi connectivity index (χ4v) is 2.77. The first kappa shape index (κ1) is 15.0. The molecule has 0 fully saturated rings. The molecule has 0 aliphatic heterocycles. The Morgan fingerprint density at radius 3 is 2.40 bits per heavy atom. The molecule has 0 aliphatic rings. The van der Waals surface area contributed by atoms with Crippen molar-refractivity contribution in [2.75, 3.05) is 12.8 Å². The van der Waals surface area contributed by atoms with Crippen LogP contribution in [0.3, 0.4) is 0 Å². The van der Waals surface area contributed by atoms with Crippen molar-refractivity contribution in [1.82, 2.24) is 15.0 Å². The van der Waals surface area contributed by atoms with Crippen molar-refractivity contribution in [3.8, 4) is 17.3 Å². The van der Waals surface area contributed by atoms with E-state index in [0.29, 0.717) is 17.5 Å². The molecule has 2 heterocycles. The second-order valence-electron chi connectivity index (χ2n) is 5.43. The summed E-state index contributed by atoms with van der Waals surface area (Å²) in [6, 6.07) is 3.66. The van der Waals surface area contributed by atoms with E-state index in [1.54, 1.807) is 19.4 Å². The first-order chi connectivity index (χ1) is 9.32. The van der Waals surface area contributed by atoms with Crippen molar-refractivity contribution < 1.29 is 4.74 Å². The number of methoxy groups -OCH3 is 1. The van der Waals surface area contributed by atoms with Gasteiger partial charge in [-0.1, -0.05) is 20.8 Å². The molecular weight excluding hydrogens is 367 g/mol. The predicted octanol–water partition coefficient (Wildman–Crippen LogP) is 3.03. The van der Waals surface area contributed by atoms with Crippen molar-refractivity contribution >= 4 is 28.4 Å². The van der Waals surface area contributed by atoms with Crippen LogP contribution >= 0.6 is 22.6 Å². The van der Waals surface area contributed by atoms with E-state index >= 15 is 0 Å². The molecule has 0 unspecified atom stereocenters. The maximum atomic E-state index is 6.01. The van der Waals surface area contributed by atoms with Gasteiger partial charge in [-0.2, -0.15) is 0 Å². The molecular formula is C14H17IN4O. The molecule has 2 aromatic heterocycles. The van der Waals surface area contributed by atoms with Crippen LogP contribution in [-0.2, 0) is 5.41 Å². The average Bonchev–Trinajstić information content (AvgIpc) is 2.40. The SMILES string of the molecule is COc1ccc(-c2nc(N)c(I)c(C(C)(C)C)n2)cn1. The van der Waals surface area contributed by atoms with Crippen molar-refractivity contribution in [1.29, 1.82) is 0 Å². The molecule has 0 aliphatic carbocycles. The standard InChI is InChI=1S/C14H17IN4O/c1-14(2,3)11-10(15)12(16)19-13(18-11)8-5-6-9(20-4)17-7-8/h5-7H,1-4H3,(H2,16,18,19). The number of nitrogen functional groups attached to an aromatic ring is 1. The fraction of sp³-hybridized carbons (Fsp3) is 0.357. The maximum Gasteiger partial charge on any atom is 0.212 e. The van der Waals surface area contributed by atoms with Crippen LogP contribution in [0, 0.1) is 3.57 Å². The Morgan fingerprint density at radius 2 is 1.90 bits per heavy atom. The summed E-state index contributed by atoms with van der Waals surface area (Å²) in [5.41, 5.74) is 7.67. The van der Waals surface area contributed by atoms with E-state index in [9.17, 15) is 0 Å². The lowest BCUT2D eigenvalue weighted by molar-refractivity contribution is 0.398. The van der Waals surface area contributed by atoms with Crippen LogP contribution in [0.4, 0.5) is 5.82 Å². The fourth-order valence-electron chi connectivity index (χ4n) is 1.72. The monoisotopic (exact) mass is 384 g/mol. The molecule has 0 aromatic carbocycles. The summed E-state index contributed by atoms with van der Waals surface area (Å²) < 4.78 is 5.95. The molecule has 0 amide bonds. The van der Waals surface area contributed by atoms with Crippen LogP contribution in [-0.4, -0.2) is 22.1 Å². The number of hydrogen-bond donors (Lipinski definition) is 1. The zero-order valence-corrected chi connectivity index (χ0v) is 14.1. The maximum absolute atomic E-state index is 6.01. The summed E-state index contributed by atoms with van der Waals surface area (Å²) in [5, 5.41) is 0. The van der Waals surface area contributed by atoms with Crippen molar-refractivity contribution in [3.63, 3.8) is 0 Å². The molecule has 0 bridgehead atoms. The number of nitrogens with two attached hydrogens (primary N) is 1. The summed E-state index contributed by atoms with van der Waals surface area (Å²) in [6.45, 7) is 6.31. The second-order valence-corrected chi connectivity index (χ2v) is 6.51. The van der Waals surface area contributed by atoms with Gasteiger partial charge in [-0.25, -0.2) is 15.0 Å². The quantitative estimate of drug-likeness (QED) is 0.806. The van der Waals surface area contributed by atoms with Gasteiger partial charge in [0.05, 0.1) is 16.4 Å². The number of halogens is 1. The van der Waals surface area contributed by atoms with E-state index < -0.39 is 0 Å². The second kappa shape index (κ2) is 5.51. The van der Waals surface area contributed by atoms with Crippen molar-refractivity contribution in [2.24, 2.45) is 0 Å². The molecule has 106 valence electrons. The zero-order valence-electron chi connectivity index (χ0n) is 11.9. The molecule has 5 nitrogen and oxygen atoms in total. The zero-order chi connectivity index (χ0) is 14.9. The summed E-state index contributed by atoms with van der Waals surface area (Å²) >= 11 is 2.19.